The fourth-order valence-electron chi connectivity index (χ4n) is 2.68. The number of hydrogen-bond acceptors (Lipinski definition) is 5. The summed E-state index contributed by atoms with van der Waals surface area (Å²) in [5, 5.41) is 0.417. The number of rotatable bonds is 6. The van der Waals surface area contributed by atoms with Gasteiger partial charge in [-0.2, -0.15) is 0 Å². The van der Waals surface area contributed by atoms with Crippen LogP contribution in [0.1, 0.15) is 22.2 Å². The van der Waals surface area contributed by atoms with E-state index in [2.05, 4.69) is 10.9 Å². The third-order valence-corrected chi connectivity index (χ3v) is 5.19. The Morgan fingerprint density at radius 1 is 1.04 bits per heavy atom. The summed E-state index contributed by atoms with van der Waals surface area (Å²) in [4.78, 5) is 24.7. The van der Waals surface area contributed by atoms with E-state index in [9.17, 15) is 14.0 Å². The molecule has 8 heteroatoms. The van der Waals surface area contributed by atoms with E-state index >= 15 is 0 Å². The second-order valence-corrected chi connectivity index (χ2v) is 6.89. The van der Waals surface area contributed by atoms with E-state index in [-0.39, 0.29) is 12.4 Å². The summed E-state index contributed by atoms with van der Waals surface area (Å²) in [6.07, 6.45) is 0. The van der Waals surface area contributed by atoms with Crippen LogP contribution in [0.15, 0.2) is 42.5 Å². The third kappa shape index (κ3) is 4.23. The Hall–Kier alpha value is -3.13. The minimum Gasteiger partial charge on any atom is -0.490 e. The van der Waals surface area contributed by atoms with Gasteiger partial charge in [0.2, 0.25) is 0 Å². The molecule has 1 heterocycles. The SMILES string of the molecule is CCOc1ccccc1OCC(=O)NNC(=O)c1sc2cccc(F)c2c1C. The number of nitrogens with one attached hydrogen (secondary N) is 2. The first-order valence-electron chi connectivity index (χ1n) is 8.62. The number of aryl methyl sites for hydroxylation is 1. The van der Waals surface area contributed by atoms with Crippen molar-refractivity contribution in [2.45, 2.75) is 13.8 Å². The smallest absolute Gasteiger partial charge is 0.280 e. The number of fused-ring (bicyclic) bond motifs is 1. The van der Waals surface area contributed by atoms with Crippen LogP contribution in [0.2, 0.25) is 0 Å². The van der Waals surface area contributed by atoms with Crippen molar-refractivity contribution < 1.29 is 23.5 Å². The van der Waals surface area contributed by atoms with Crippen LogP contribution in [-0.4, -0.2) is 25.0 Å². The first-order valence-corrected chi connectivity index (χ1v) is 9.44. The summed E-state index contributed by atoms with van der Waals surface area (Å²) in [5.41, 5.74) is 5.17. The van der Waals surface area contributed by atoms with E-state index in [1.807, 2.05) is 6.92 Å². The molecular formula is C20H19FN2O4S. The average Bonchev–Trinajstić information content (AvgIpc) is 3.03. The monoisotopic (exact) mass is 402 g/mol. The van der Waals surface area contributed by atoms with Gasteiger partial charge < -0.3 is 9.47 Å². The minimum atomic E-state index is -0.537. The fraction of sp³-hybridized carbons (Fsp3) is 0.200. The molecule has 0 spiro atoms. The molecule has 3 aromatic rings. The van der Waals surface area contributed by atoms with Gasteiger partial charge in [-0.05, 0) is 43.7 Å². The van der Waals surface area contributed by atoms with Gasteiger partial charge in [-0.25, -0.2) is 4.39 Å². The lowest BCUT2D eigenvalue weighted by atomic mass is 10.1. The zero-order valence-electron chi connectivity index (χ0n) is 15.4. The maximum atomic E-state index is 14.0. The highest BCUT2D eigenvalue weighted by molar-refractivity contribution is 7.21. The first-order chi connectivity index (χ1) is 13.5. The van der Waals surface area contributed by atoms with Crippen molar-refractivity contribution in [2.75, 3.05) is 13.2 Å². The number of benzene rings is 2. The lowest BCUT2D eigenvalue weighted by Gasteiger charge is -2.12. The van der Waals surface area contributed by atoms with E-state index in [0.29, 0.717) is 38.6 Å². The highest BCUT2D eigenvalue weighted by Crippen LogP contribution is 2.32. The molecule has 0 aliphatic rings. The van der Waals surface area contributed by atoms with Crippen LogP contribution in [0, 0.1) is 12.7 Å². The van der Waals surface area contributed by atoms with Gasteiger partial charge in [0.05, 0.1) is 11.5 Å². The van der Waals surface area contributed by atoms with Crippen molar-refractivity contribution >= 4 is 33.2 Å². The molecule has 0 aliphatic heterocycles. The Morgan fingerprint density at radius 2 is 1.75 bits per heavy atom. The molecule has 0 saturated heterocycles. The molecule has 3 rings (SSSR count). The third-order valence-electron chi connectivity index (χ3n) is 3.93. The summed E-state index contributed by atoms with van der Waals surface area (Å²) in [6.45, 7) is 3.69. The van der Waals surface area contributed by atoms with Gasteiger partial charge in [0.15, 0.2) is 18.1 Å². The molecule has 2 aromatic carbocycles. The van der Waals surface area contributed by atoms with Crippen LogP contribution >= 0.6 is 11.3 Å². The normalized spacial score (nSPS) is 10.5. The molecule has 28 heavy (non-hydrogen) atoms. The quantitative estimate of drug-likeness (QED) is 0.618. The number of hydrogen-bond donors (Lipinski definition) is 2. The number of hydrazine groups is 1. The molecule has 0 radical (unpaired) electrons. The lowest BCUT2D eigenvalue weighted by Crippen LogP contribution is -2.43. The minimum absolute atomic E-state index is 0.301. The van der Waals surface area contributed by atoms with Gasteiger partial charge in [-0.15, -0.1) is 11.3 Å². The number of ether oxygens (including phenoxy) is 2. The summed E-state index contributed by atoms with van der Waals surface area (Å²) in [5.74, 6) is -0.465. The van der Waals surface area contributed by atoms with Crippen molar-refractivity contribution in [3.05, 3.63) is 58.7 Å². The predicted molar refractivity (Wildman–Crippen MR) is 105 cm³/mol. The second-order valence-electron chi connectivity index (χ2n) is 5.84. The molecule has 6 nitrogen and oxygen atoms in total. The topological polar surface area (TPSA) is 76.7 Å². The number of carbonyl (C=O) groups is 2. The average molecular weight is 402 g/mol. The van der Waals surface area contributed by atoms with Crippen LogP contribution < -0.4 is 20.3 Å². The van der Waals surface area contributed by atoms with Gasteiger partial charge in [-0.1, -0.05) is 18.2 Å². The van der Waals surface area contributed by atoms with Crippen LogP contribution in [0.25, 0.3) is 10.1 Å². The Balaban J connectivity index is 1.59. The lowest BCUT2D eigenvalue weighted by molar-refractivity contribution is -0.123. The maximum Gasteiger partial charge on any atom is 0.280 e. The zero-order valence-corrected chi connectivity index (χ0v) is 16.2. The summed E-state index contributed by atoms with van der Waals surface area (Å²) in [7, 11) is 0. The van der Waals surface area contributed by atoms with Gasteiger partial charge in [0.25, 0.3) is 11.8 Å². The molecule has 0 unspecified atom stereocenters. The molecule has 0 bridgehead atoms. The van der Waals surface area contributed by atoms with Crippen LogP contribution in [0.4, 0.5) is 4.39 Å². The number of halogens is 1. The molecule has 1 aromatic heterocycles. The first kappa shape index (κ1) is 19.6. The highest BCUT2D eigenvalue weighted by atomic mass is 32.1. The predicted octanol–water partition coefficient (Wildman–Crippen LogP) is 3.59. The van der Waals surface area contributed by atoms with Gasteiger partial charge >= 0.3 is 0 Å². The molecule has 2 N–H and O–H groups in total. The number of carbonyl (C=O) groups excluding carboxylic acids is 2. The number of para-hydroxylation sites is 2. The fourth-order valence-corrected chi connectivity index (χ4v) is 3.79. The Morgan fingerprint density at radius 3 is 2.43 bits per heavy atom. The van der Waals surface area contributed by atoms with Crippen LogP contribution in [-0.2, 0) is 4.79 Å². The number of thiophene rings is 1. The van der Waals surface area contributed by atoms with E-state index in [4.69, 9.17) is 9.47 Å². The van der Waals surface area contributed by atoms with Crippen molar-refractivity contribution in [1.29, 1.82) is 0 Å². The Labute approximate surface area is 165 Å². The van der Waals surface area contributed by atoms with Gasteiger partial charge in [-0.3, -0.25) is 20.4 Å². The summed E-state index contributed by atoms with van der Waals surface area (Å²) < 4.78 is 25.5. The molecular weight excluding hydrogens is 383 g/mol. The molecule has 146 valence electrons. The van der Waals surface area contributed by atoms with E-state index in [1.54, 1.807) is 43.3 Å². The Bertz CT molecular complexity index is 1020. The molecule has 0 fully saturated rings. The standard InChI is InChI=1S/C20H19FN2O4S/c1-3-26-14-8-4-5-9-15(14)27-11-17(24)22-23-20(25)19-12(2)18-13(21)7-6-10-16(18)28-19/h4-10H,3,11H2,1-2H3,(H,22,24)(H,23,25). The summed E-state index contributed by atoms with van der Waals surface area (Å²) >= 11 is 1.16. The molecule has 2 amide bonds. The zero-order chi connectivity index (χ0) is 20.1. The number of amides is 2. The van der Waals surface area contributed by atoms with Crippen LogP contribution in [0.3, 0.4) is 0 Å². The maximum absolute atomic E-state index is 14.0. The molecule has 0 aliphatic carbocycles. The van der Waals surface area contributed by atoms with E-state index in [0.717, 1.165) is 11.3 Å². The Kier molecular flexibility index (Phi) is 6.10. The van der Waals surface area contributed by atoms with Crippen molar-refractivity contribution in [1.82, 2.24) is 10.9 Å². The summed E-state index contributed by atoms with van der Waals surface area (Å²) in [6, 6.07) is 11.7. The van der Waals surface area contributed by atoms with E-state index in [1.165, 1.54) is 6.07 Å². The highest BCUT2D eigenvalue weighted by Gasteiger charge is 2.18. The van der Waals surface area contributed by atoms with Crippen molar-refractivity contribution in [3.63, 3.8) is 0 Å². The second kappa shape index (κ2) is 8.71. The molecule has 0 saturated carbocycles. The largest absolute Gasteiger partial charge is 0.490 e. The molecule has 0 atom stereocenters. The van der Waals surface area contributed by atoms with Gasteiger partial charge in [0.1, 0.15) is 5.82 Å². The van der Waals surface area contributed by atoms with Gasteiger partial charge in [0, 0.05) is 10.1 Å². The van der Waals surface area contributed by atoms with Crippen LogP contribution in [0.5, 0.6) is 11.5 Å². The van der Waals surface area contributed by atoms with Crippen molar-refractivity contribution in [3.8, 4) is 11.5 Å². The van der Waals surface area contributed by atoms with Crippen molar-refractivity contribution in [2.24, 2.45) is 0 Å². The van der Waals surface area contributed by atoms with E-state index < -0.39 is 11.8 Å².